The predicted octanol–water partition coefficient (Wildman–Crippen LogP) is 3.27. The number of aryl methyl sites for hydroxylation is 1. The van der Waals surface area contributed by atoms with Crippen LogP contribution in [-0.2, 0) is 19.6 Å². The van der Waals surface area contributed by atoms with Crippen molar-refractivity contribution in [2.75, 3.05) is 20.2 Å². The third kappa shape index (κ3) is 7.31. The molecule has 0 radical (unpaired) electrons. The van der Waals surface area contributed by atoms with Crippen molar-refractivity contribution in [1.29, 1.82) is 0 Å². The summed E-state index contributed by atoms with van der Waals surface area (Å²) in [6.45, 7) is 4.35. The average Bonchev–Trinajstić information content (AvgIpc) is 2.72. The fraction of sp³-hybridized carbons (Fsp3) is 0.409. The van der Waals surface area contributed by atoms with Crippen LogP contribution in [0.1, 0.15) is 36.5 Å². The molecule has 2 aromatic carbocycles. The molecular formula is C22H31N3O2. The third-order valence-electron chi connectivity index (χ3n) is 4.38. The maximum absolute atomic E-state index is 9.42. The van der Waals surface area contributed by atoms with Crippen molar-refractivity contribution in [2.45, 2.75) is 39.3 Å². The van der Waals surface area contributed by atoms with E-state index in [1.54, 1.807) is 7.11 Å². The molecule has 0 fully saturated rings. The highest BCUT2D eigenvalue weighted by Gasteiger charge is 2.02. The Balaban J connectivity index is 1.76. The highest BCUT2D eigenvalue weighted by atomic mass is 16.5. The number of unbranched alkanes of at least 4 members (excludes halogenated alkanes) is 1. The average molecular weight is 370 g/mol. The number of guanidine groups is 1. The zero-order chi connectivity index (χ0) is 19.3. The lowest BCUT2D eigenvalue weighted by molar-refractivity contribution is 0.280. The molecule has 0 aliphatic heterocycles. The van der Waals surface area contributed by atoms with Crippen LogP contribution in [0.4, 0.5) is 0 Å². The van der Waals surface area contributed by atoms with E-state index in [-0.39, 0.29) is 6.61 Å². The summed E-state index contributed by atoms with van der Waals surface area (Å²) in [6.07, 6.45) is 3.25. The van der Waals surface area contributed by atoms with Gasteiger partial charge >= 0.3 is 0 Å². The van der Waals surface area contributed by atoms with Crippen molar-refractivity contribution in [1.82, 2.24) is 10.6 Å². The number of nitrogens with zero attached hydrogens (tertiary/aromatic N) is 1. The minimum absolute atomic E-state index is 0.0427. The van der Waals surface area contributed by atoms with Gasteiger partial charge in [-0.15, -0.1) is 0 Å². The van der Waals surface area contributed by atoms with E-state index in [9.17, 15) is 5.11 Å². The van der Waals surface area contributed by atoms with Crippen LogP contribution in [0.3, 0.4) is 0 Å². The van der Waals surface area contributed by atoms with Gasteiger partial charge in [0.2, 0.25) is 0 Å². The van der Waals surface area contributed by atoms with Gasteiger partial charge in [0.05, 0.1) is 20.3 Å². The molecule has 0 aromatic heterocycles. The lowest BCUT2D eigenvalue weighted by Gasteiger charge is -2.12. The molecule has 2 rings (SSSR count). The second kappa shape index (κ2) is 12.0. The number of methoxy groups -OCH3 is 1. The summed E-state index contributed by atoms with van der Waals surface area (Å²) in [4.78, 5) is 4.64. The van der Waals surface area contributed by atoms with E-state index in [0.717, 1.165) is 55.2 Å². The van der Waals surface area contributed by atoms with Crippen LogP contribution >= 0.6 is 0 Å². The van der Waals surface area contributed by atoms with E-state index in [2.05, 4.69) is 34.7 Å². The number of ether oxygens (including phenoxy) is 1. The fourth-order valence-electron chi connectivity index (χ4n) is 2.83. The van der Waals surface area contributed by atoms with Crippen molar-refractivity contribution >= 4 is 5.96 Å². The molecule has 0 aliphatic rings. The van der Waals surface area contributed by atoms with Crippen LogP contribution in [0.25, 0.3) is 0 Å². The Kier molecular flexibility index (Phi) is 9.21. The van der Waals surface area contributed by atoms with Crippen molar-refractivity contribution in [2.24, 2.45) is 4.99 Å². The van der Waals surface area contributed by atoms with Gasteiger partial charge in [-0.3, -0.25) is 0 Å². The highest BCUT2D eigenvalue weighted by Crippen LogP contribution is 2.13. The van der Waals surface area contributed by atoms with Crippen molar-refractivity contribution < 1.29 is 9.84 Å². The van der Waals surface area contributed by atoms with E-state index in [4.69, 9.17) is 4.74 Å². The molecule has 0 saturated carbocycles. The minimum Gasteiger partial charge on any atom is -0.497 e. The van der Waals surface area contributed by atoms with Gasteiger partial charge in [-0.1, -0.05) is 36.4 Å². The molecular weight excluding hydrogens is 338 g/mol. The largest absolute Gasteiger partial charge is 0.497 e. The standard InChI is InChI=1S/C22H31N3O2/c1-3-23-22(25-16-19-9-4-5-10-20(19)17-26)24-15-7-6-8-18-11-13-21(27-2)14-12-18/h4-5,9-14,26H,3,6-8,15-17H2,1-2H3,(H2,23,24,25). The lowest BCUT2D eigenvalue weighted by Crippen LogP contribution is -2.37. The smallest absolute Gasteiger partial charge is 0.191 e. The van der Waals surface area contributed by atoms with Gasteiger partial charge in [-0.2, -0.15) is 0 Å². The Morgan fingerprint density at radius 3 is 2.41 bits per heavy atom. The van der Waals surface area contributed by atoms with Crippen LogP contribution < -0.4 is 15.4 Å². The second-order valence-electron chi connectivity index (χ2n) is 6.35. The van der Waals surface area contributed by atoms with E-state index in [0.29, 0.717) is 6.54 Å². The molecule has 0 aliphatic carbocycles. The van der Waals surface area contributed by atoms with Crippen LogP contribution in [0.5, 0.6) is 5.75 Å². The van der Waals surface area contributed by atoms with Gasteiger partial charge in [0.1, 0.15) is 5.75 Å². The summed E-state index contributed by atoms with van der Waals surface area (Å²) in [5.41, 5.74) is 3.31. The molecule has 0 amide bonds. The number of nitrogens with one attached hydrogen (secondary N) is 2. The predicted molar refractivity (Wildman–Crippen MR) is 111 cm³/mol. The number of aliphatic hydroxyl groups is 1. The first-order valence-electron chi connectivity index (χ1n) is 9.59. The molecule has 3 N–H and O–H groups in total. The van der Waals surface area contributed by atoms with Gasteiger partial charge in [-0.25, -0.2) is 4.99 Å². The SMILES string of the molecule is CCNC(=NCc1ccccc1CO)NCCCCc1ccc(OC)cc1. The summed E-state index contributed by atoms with van der Waals surface area (Å²) in [7, 11) is 1.69. The second-order valence-corrected chi connectivity index (χ2v) is 6.35. The Morgan fingerprint density at radius 2 is 1.74 bits per heavy atom. The summed E-state index contributed by atoms with van der Waals surface area (Å²) in [6, 6.07) is 16.1. The first kappa shape index (κ1) is 20.8. The lowest BCUT2D eigenvalue weighted by atomic mass is 10.1. The number of rotatable bonds is 10. The topological polar surface area (TPSA) is 65.9 Å². The molecule has 0 spiro atoms. The van der Waals surface area contributed by atoms with Gasteiger partial charge in [0, 0.05) is 13.1 Å². The maximum Gasteiger partial charge on any atom is 0.191 e. The number of aliphatic imine (C=N–C) groups is 1. The highest BCUT2D eigenvalue weighted by molar-refractivity contribution is 5.79. The quantitative estimate of drug-likeness (QED) is 0.342. The van der Waals surface area contributed by atoms with Crippen LogP contribution in [0.15, 0.2) is 53.5 Å². The monoisotopic (exact) mass is 369 g/mol. The zero-order valence-corrected chi connectivity index (χ0v) is 16.4. The number of hydrogen-bond donors (Lipinski definition) is 3. The fourth-order valence-corrected chi connectivity index (χ4v) is 2.83. The number of aliphatic hydroxyl groups excluding tert-OH is 1. The molecule has 5 heteroatoms. The van der Waals surface area contributed by atoms with E-state index < -0.39 is 0 Å². The molecule has 2 aromatic rings. The third-order valence-corrected chi connectivity index (χ3v) is 4.38. The molecule has 27 heavy (non-hydrogen) atoms. The Labute approximate surface area is 162 Å². The Hall–Kier alpha value is -2.53. The van der Waals surface area contributed by atoms with Crippen molar-refractivity contribution in [3.8, 4) is 5.75 Å². The van der Waals surface area contributed by atoms with Gasteiger partial charge in [0.15, 0.2) is 5.96 Å². The molecule has 5 nitrogen and oxygen atoms in total. The molecule has 0 atom stereocenters. The first-order chi connectivity index (χ1) is 13.3. The Morgan fingerprint density at radius 1 is 1.00 bits per heavy atom. The molecule has 0 bridgehead atoms. The molecule has 0 heterocycles. The first-order valence-corrected chi connectivity index (χ1v) is 9.59. The van der Waals surface area contributed by atoms with Crippen molar-refractivity contribution in [3.63, 3.8) is 0 Å². The van der Waals surface area contributed by atoms with Crippen LogP contribution in [-0.4, -0.2) is 31.3 Å². The molecule has 0 saturated heterocycles. The summed E-state index contributed by atoms with van der Waals surface area (Å²) < 4.78 is 5.19. The molecule has 0 unspecified atom stereocenters. The summed E-state index contributed by atoms with van der Waals surface area (Å²) >= 11 is 0. The van der Waals surface area contributed by atoms with Gasteiger partial charge in [0.25, 0.3) is 0 Å². The van der Waals surface area contributed by atoms with Gasteiger partial charge in [-0.05, 0) is 55.0 Å². The van der Waals surface area contributed by atoms with Crippen molar-refractivity contribution in [3.05, 3.63) is 65.2 Å². The normalized spacial score (nSPS) is 11.3. The van der Waals surface area contributed by atoms with Gasteiger partial charge < -0.3 is 20.5 Å². The summed E-state index contributed by atoms with van der Waals surface area (Å²) in [5, 5.41) is 16.1. The number of hydrogen-bond acceptors (Lipinski definition) is 3. The Bertz CT molecular complexity index is 699. The maximum atomic E-state index is 9.42. The summed E-state index contributed by atoms with van der Waals surface area (Å²) in [5.74, 6) is 1.71. The van der Waals surface area contributed by atoms with E-state index in [1.807, 2.05) is 36.4 Å². The number of benzene rings is 2. The zero-order valence-electron chi connectivity index (χ0n) is 16.4. The molecule has 146 valence electrons. The van der Waals surface area contributed by atoms with E-state index in [1.165, 1.54) is 5.56 Å². The van der Waals surface area contributed by atoms with Crippen LogP contribution in [0, 0.1) is 0 Å². The van der Waals surface area contributed by atoms with Crippen LogP contribution in [0.2, 0.25) is 0 Å². The van der Waals surface area contributed by atoms with E-state index >= 15 is 0 Å². The minimum atomic E-state index is 0.0427.